The lowest BCUT2D eigenvalue weighted by atomic mass is 10.1. The lowest BCUT2D eigenvalue weighted by Crippen LogP contribution is -2.09. The minimum atomic E-state index is -1.20. The molecule has 0 saturated carbocycles. The summed E-state index contributed by atoms with van der Waals surface area (Å²) < 4.78 is 17.3. The third-order valence-corrected chi connectivity index (χ3v) is 4.90. The Bertz CT molecular complexity index is 1280. The molecule has 0 bridgehead atoms. The number of pyridine rings is 2. The molecule has 0 aliphatic rings. The molecule has 0 saturated heterocycles. The van der Waals surface area contributed by atoms with E-state index in [0.717, 1.165) is 11.1 Å². The molecule has 0 radical (unpaired) electrons. The number of nitrogens with zero attached hydrogens (tertiary/aromatic N) is 4. The van der Waals surface area contributed by atoms with Gasteiger partial charge in [0.25, 0.3) is 0 Å². The Balaban J connectivity index is 0.00000250. The van der Waals surface area contributed by atoms with E-state index in [0.29, 0.717) is 23.2 Å². The second kappa shape index (κ2) is 20.3. The van der Waals surface area contributed by atoms with Gasteiger partial charge in [-0.25, -0.2) is 19.4 Å². The minimum absolute atomic E-state index is 0.188. The number of carboxylic acids is 1. The van der Waals surface area contributed by atoms with Crippen molar-refractivity contribution in [1.82, 2.24) is 19.7 Å². The smallest absolute Gasteiger partial charge is 0.356 e. The number of methoxy groups -OCH3 is 3. The van der Waals surface area contributed by atoms with E-state index in [4.69, 9.17) is 14.2 Å². The summed E-state index contributed by atoms with van der Waals surface area (Å²) in [7, 11) is 4.52. The Morgan fingerprint density at radius 1 is 0.951 bits per heavy atom. The summed E-state index contributed by atoms with van der Waals surface area (Å²) in [5, 5.41) is 17.6. The summed E-state index contributed by atoms with van der Waals surface area (Å²) in [6.07, 6.45) is 10.7. The van der Waals surface area contributed by atoms with Crippen molar-refractivity contribution in [3.63, 3.8) is 0 Å². The van der Waals surface area contributed by atoms with E-state index in [1.165, 1.54) is 7.11 Å². The lowest BCUT2D eigenvalue weighted by molar-refractivity contribution is 0.0690. The number of aryl methyl sites for hydroxylation is 1. The van der Waals surface area contributed by atoms with E-state index in [1.807, 2.05) is 79.7 Å². The maximum absolute atomic E-state index is 11.9. The minimum Gasteiger partial charge on any atom is -0.495 e. The highest BCUT2D eigenvalue weighted by Gasteiger charge is 2.21. The topological polar surface area (TPSA) is 121 Å². The Kier molecular flexibility index (Phi) is 18.0. The van der Waals surface area contributed by atoms with Crippen LogP contribution in [0.1, 0.15) is 64.6 Å². The van der Waals surface area contributed by atoms with Gasteiger partial charge in [-0.3, -0.25) is 0 Å². The van der Waals surface area contributed by atoms with Crippen molar-refractivity contribution in [1.29, 1.82) is 0 Å². The summed E-state index contributed by atoms with van der Waals surface area (Å²) >= 11 is 0. The maximum Gasteiger partial charge on any atom is 0.356 e. The van der Waals surface area contributed by atoms with Crippen LogP contribution in [-0.2, 0) is 4.74 Å². The highest BCUT2D eigenvalue weighted by Crippen LogP contribution is 2.35. The highest BCUT2D eigenvalue weighted by atomic mass is 16.5. The van der Waals surface area contributed by atoms with Crippen LogP contribution in [0.15, 0.2) is 60.5 Å². The van der Waals surface area contributed by atoms with Crippen molar-refractivity contribution in [2.45, 2.75) is 55.4 Å². The number of aromatic carboxylic acids is 1. The number of hydrogen-bond donors (Lipinski definition) is 2. The first kappa shape index (κ1) is 36.4. The van der Waals surface area contributed by atoms with Crippen LogP contribution in [0.2, 0.25) is 0 Å². The van der Waals surface area contributed by atoms with Crippen molar-refractivity contribution in [2.75, 3.05) is 26.6 Å². The number of carbonyl (C=O) groups is 1. The van der Waals surface area contributed by atoms with Crippen LogP contribution in [0, 0.1) is 6.92 Å². The predicted octanol–water partition coefficient (Wildman–Crippen LogP) is 7.76. The molecule has 0 atom stereocenters. The molecule has 0 aromatic carbocycles. The predicted molar refractivity (Wildman–Crippen MR) is 167 cm³/mol. The van der Waals surface area contributed by atoms with Crippen molar-refractivity contribution >= 4 is 23.7 Å². The molecule has 0 amide bonds. The van der Waals surface area contributed by atoms with E-state index < -0.39 is 5.97 Å². The zero-order chi connectivity index (χ0) is 31.4. The maximum atomic E-state index is 11.9. The monoisotopic (exact) mass is 567 g/mol. The summed E-state index contributed by atoms with van der Waals surface area (Å²) in [5.41, 5.74) is 2.22. The molecule has 0 fully saturated rings. The third-order valence-electron chi connectivity index (χ3n) is 4.90. The van der Waals surface area contributed by atoms with Gasteiger partial charge in [0.15, 0.2) is 5.69 Å². The van der Waals surface area contributed by atoms with Gasteiger partial charge >= 0.3 is 5.97 Å². The number of rotatable bonds is 10. The molecule has 0 unspecified atom stereocenters. The van der Waals surface area contributed by atoms with Gasteiger partial charge in [0.05, 0.1) is 38.9 Å². The van der Waals surface area contributed by atoms with Crippen LogP contribution in [0.25, 0.3) is 17.3 Å². The summed E-state index contributed by atoms with van der Waals surface area (Å²) in [6.45, 7) is 15.8. The molecular formula is C31H45N5O5. The largest absolute Gasteiger partial charge is 0.495 e. The van der Waals surface area contributed by atoms with E-state index in [9.17, 15) is 9.90 Å². The summed E-state index contributed by atoms with van der Waals surface area (Å²) in [4.78, 5) is 20.3. The zero-order valence-electron chi connectivity index (χ0n) is 26.1. The van der Waals surface area contributed by atoms with Crippen LogP contribution in [-0.4, -0.2) is 52.2 Å². The van der Waals surface area contributed by atoms with Gasteiger partial charge in [-0.2, -0.15) is 5.10 Å². The molecule has 3 heterocycles. The second-order valence-corrected chi connectivity index (χ2v) is 7.14. The number of allylic oxidation sites excluding steroid dienone is 4. The number of hydrogen-bond acceptors (Lipinski definition) is 8. The van der Waals surface area contributed by atoms with Gasteiger partial charge in [0.1, 0.15) is 11.6 Å². The zero-order valence-corrected chi connectivity index (χ0v) is 26.1. The quantitative estimate of drug-likeness (QED) is 0.187. The number of aromatic nitrogens is 4. The molecule has 0 aliphatic carbocycles. The van der Waals surface area contributed by atoms with Gasteiger partial charge in [0.2, 0.25) is 11.8 Å². The Morgan fingerprint density at radius 3 is 2.10 bits per heavy atom. The van der Waals surface area contributed by atoms with Gasteiger partial charge in [-0.1, -0.05) is 59.8 Å². The SMILES string of the molecule is C/C=C/C=C\C(=C\n1nc(C)c(-c2ccc(OC)nc2)c1Nc1ccc(OC)nc1C(=O)O)OC.CC.CC.CC. The van der Waals surface area contributed by atoms with Crippen molar-refractivity contribution in [3.8, 4) is 22.9 Å². The number of carboxylic acid groups (broad SMARTS) is 1. The van der Waals surface area contributed by atoms with E-state index in [1.54, 1.807) is 55.6 Å². The normalized spacial score (nSPS) is 10.5. The molecule has 0 spiro atoms. The first-order valence-electron chi connectivity index (χ1n) is 13.6. The van der Waals surface area contributed by atoms with Crippen LogP contribution in [0.5, 0.6) is 11.8 Å². The van der Waals surface area contributed by atoms with Crippen molar-refractivity contribution in [2.24, 2.45) is 0 Å². The summed E-state index contributed by atoms with van der Waals surface area (Å²) in [6, 6.07) is 6.75. The molecule has 3 aromatic rings. The number of anilines is 2. The Labute approximate surface area is 244 Å². The Morgan fingerprint density at radius 2 is 1.59 bits per heavy atom. The average molecular weight is 568 g/mol. The van der Waals surface area contributed by atoms with E-state index in [2.05, 4.69) is 20.4 Å². The summed E-state index contributed by atoms with van der Waals surface area (Å²) in [5.74, 6) is 0.478. The number of ether oxygens (including phenoxy) is 3. The van der Waals surface area contributed by atoms with Crippen LogP contribution < -0.4 is 14.8 Å². The van der Waals surface area contributed by atoms with Crippen LogP contribution in [0.3, 0.4) is 0 Å². The standard InChI is InChI=1S/C25H27N5O5.3C2H6/c1-6-7-8-9-18(33-3)15-30-24(27-19-11-13-21(35-5)28-23(19)25(31)32)22(16(2)29-30)17-10-12-20(34-4)26-14-17;3*1-2/h6-15,27H,1-5H3,(H,31,32);3*1-2H3/b7-6+,9-8-,18-15-;;;. The molecular weight excluding hydrogens is 522 g/mol. The molecule has 41 heavy (non-hydrogen) atoms. The molecule has 3 rings (SSSR count). The second-order valence-electron chi connectivity index (χ2n) is 7.14. The molecule has 224 valence electrons. The molecule has 0 aliphatic heterocycles. The van der Waals surface area contributed by atoms with Crippen molar-refractivity contribution < 1.29 is 24.1 Å². The third kappa shape index (κ3) is 10.5. The number of nitrogens with one attached hydrogen (secondary N) is 1. The van der Waals surface area contributed by atoms with E-state index >= 15 is 0 Å². The fourth-order valence-electron chi connectivity index (χ4n) is 3.25. The van der Waals surface area contributed by atoms with Crippen LogP contribution in [0.4, 0.5) is 11.5 Å². The molecule has 10 nitrogen and oxygen atoms in total. The van der Waals surface area contributed by atoms with Gasteiger partial charge in [0, 0.05) is 29.5 Å². The van der Waals surface area contributed by atoms with Crippen molar-refractivity contribution in [3.05, 3.63) is 71.9 Å². The molecule has 2 N–H and O–H groups in total. The fraction of sp³-hybridized carbons (Fsp3) is 0.355. The molecule has 3 aromatic heterocycles. The Hall–Kier alpha value is -4.60. The average Bonchev–Trinajstić information content (AvgIpc) is 3.33. The van der Waals surface area contributed by atoms with E-state index in [-0.39, 0.29) is 17.3 Å². The van der Waals surface area contributed by atoms with Gasteiger partial charge in [-0.05, 0) is 32.1 Å². The van der Waals surface area contributed by atoms with Gasteiger partial charge in [-0.15, -0.1) is 0 Å². The van der Waals surface area contributed by atoms with Gasteiger partial charge < -0.3 is 24.6 Å². The highest BCUT2D eigenvalue weighted by molar-refractivity contribution is 5.94. The first-order valence-corrected chi connectivity index (χ1v) is 13.6. The lowest BCUT2D eigenvalue weighted by Gasteiger charge is -2.13. The first-order chi connectivity index (χ1) is 19.9. The fourth-order valence-corrected chi connectivity index (χ4v) is 3.25. The van der Waals surface area contributed by atoms with Crippen LogP contribution >= 0.6 is 0 Å². The molecule has 10 heteroatoms.